The molecule has 0 heterocycles. The number of carbonyl (C=O) groups excluding carboxylic acids is 2. The third kappa shape index (κ3) is 7.19. The van der Waals surface area contributed by atoms with Gasteiger partial charge >= 0.3 is 0 Å². The Labute approximate surface area is 182 Å². The van der Waals surface area contributed by atoms with Gasteiger partial charge in [0.15, 0.2) is 0 Å². The molecule has 3 rings (SSSR count). The minimum atomic E-state index is -0.184. The maximum Gasteiger partial charge on any atom is 0.251 e. The summed E-state index contributed by atoms with van der Waals surface area (Å²) in [5, 5.41) is 8.79. The van der Waals surface area contributed by atoms with E-state index in [0.29, 0.717) is 23.5 Å². The van der Waals surface area contributed by atoms with Gasteiger partial charge in [-0.15, -0.1) is 0 Å². The van der Waals surface area contributed by atoms with Gasteiger partial charge in [0.05, 0.1) is 12.6 Å². The molecular formula is C25H27N3O3. The van der Waals surface area contributed by atoms with E-state index in [4.69, 9.17) is 4.74 Å². The smallest absolute Gasteiger partial charge is 0.251 e. The molecule has 3 aromatic rings. The fourth-order valence-electron chi connectivity index (χ4n) is 2.93. The van der Waals surface area contributed by atoms with E-state index in [0.717, 1.165) is 11.3 Å². The van der Waals surface area contributed by atoms with Gasteiger partial charge in [-0.1, -0.05) is 36.4 Å². The van der Waals surface area contributed by atoms with Gasteiger partial charge in [-0.25, -0.2) is 0 Å². The van der Waals surface area contributed by atoms with Crippen molar-refractivity contribution in [2.24, 2.45) is 0 Å². The van der Waals surface area contributed by atoms with E-state index < -0.39 is 0 Å². The number of ether oxygens (including phenoxy) is 1. The van der Waals surface area contributed by atoms with E-state index in [9.17, 15) is 9.59 Å². The highest BCUT2D eigenvalue weighted by atomic mass is 16.5. The summed E-state index contributed by atoms with van der Waals surface area (Å²) in [6.07, 6.45) is 0.0980. The number of hydrogen-bond donors (Lipinski definition) is 3. The maximum atomic E-state index is 12.4. The Bertz CT molecular complexity index is 1000. The first-order chi connectivity index (χ1) is 15.0. The van der Waals surface area contributed by atoms with Crippen LogP contribution in [0, 0.1) is 0 Å². The maximum absolute atomic E-state index is 12.4. The molecule has 0 aliphatic heterocycles. The van der Waals surface area contributed by atoms with Crippen LogP contribution in [0.1, 0.15) is 29.8 Å². The Hall–Kier alpha value is -3.80. The summed E-state index contributed by atoms with van der Waals surface area (Å²) in [6.45, 7) is 4.46. The van der Waals surface area contributed by atoms with Crippen molar-refractivity contribution in [2.45, 2.75) is 26.5 Å². The predicted octanol–water partition coefficient (Wildman–Crippen LogP) is 4.45. The second kappa shape index (κ2) is 10.8. The molecule has 0 saturated heterocycles. The molecule has 0 aliphatic rings. The van der Waals surface area contributed by atoms with Crippen molar-refractivity contribution in [1.29, 1.82) is 0 Å². The summed E-state index contributed by atoms with van der Waals surface area (Å²) in [6, 6.07) is 24.0. The highest BCUT2D eigenvalue weighted by Gasteiger charge is 2.08. The molecule has 0 bridgehead atoms. The monoisotopic (exact) mass is 417 g/mol. The number of carbonyl (C=O) groups is 2. The summed E-state index contributed by atoms with van der Waals surface area (Å²) < 4.78 is 5.59. The van der Waals surface area contributed by atoms with Crippen LogP contribution in [-0.4, -0.2) is 24.5 Å². The van der Waals surface area contributed by atoms with E-state index in [1.54, 1.807) is 30.3 Å². The number of anilines is 2. The van der Waals surface area contributed by atoms with Crippen molar-refractivity contribution < 1.29 is 14.3 Å². The SMILES string of the molecule is CC(C)Oc1ccc(NC(=O)CNc2cccc(C(=O)NCc3ccccc3)c2)cc1. The molecule has 3 aromatic carbocycles. The largest absolute Gasteiger partial charge is 0.491 e. The number of rotatable bonds is 9. The van der Waals surface area contributed by atoms with Gasteiger partial charge in [0, 0.05) is 23.5 Å². The zero-order valence-corrected chi connectivity index (χ0v) is 17.7. The molecule has 6 nitrogen and oxygen atoms in total. The second-order valence-electron chi connectivity index (χ2n) is 7.34. The molecule has 0 aliphatic carbocycles. The zero-order valence-electron chi connectivity index (χ0n) is 17.7. The third-order valence-corrected chi connectivity index (χ3v) is 4.38. The molecule has 31 heavy (non-hydrogen) atoms. The standard InChI is InChI=1S/C25H27N3O3/c1-18(2)31-23-13-11-21(12-14-23)28-24(29)17-26-22-10-6-9-20(15-22)25(30)27-16-19-7-4-3-5-8-19/h3-15,18,26H,16-17H2,1-2H3,(H,27,30)(H,28,29). The molecule has 0 atom stereocenters. The lowest BCUT2D eigenvalue weighted by atomic mass is 10.1. The molecule has 2 amide bonds. The first kappa shape index (κ1) is 21.9. The lowest BCUT2D eigenvalue weighted by Crippen LogP contribution is -2.23. The van der Waals surface area contributed by atoms with Gasteiger partial charge in [-0.3, -0.25) is 9.59 Å². The van der Waals surface area contributed by atoms with Crippen LogP contribution in [0.15, 0.2) is 78.9 Å². The summed E-state index contributed by atoms with van der Waals surface area (Å²) in [5.74, 6) is 0.408. The van der Waals surface area contributed by atoms with Gasteiger partial charge in [-0.05, 0) is 61.9 Å². The second-order valence-corrected chi connectivity index (χ2v) is 7.34. The van der Waals surface area contributed by atoms with E-state index in [1.165, 1.54) is 0 Å². The molecule has 3 N–H and O–H groups in total. The topological polar surface area (TPSA) is 79.5 Å². The number of benzene rings is 3. The number of hydrogen-bond acceptors (Lipinski definition) is 4. The van der Waals surface area contributed by atoms with Gasteiger partial charge in [0.25, 0.3) is 5.91 Å². The van der Waals surface area contributed by atoms with Crippen molar-refractivity contribution in [3.63, 3.8) is 0 Å². The van der Waals surface area contributed by atoms with Crippen LogP contribution in [0.3, 0.4) is 0 Å². The van der Waals surface area contributed by atoms with Gasteiger partial charge in [0.1, 0.15) is 5.75 Å². The molecule has 0 fully saturated rings. The number of amides is 2. The lowest BCUT2D eigenvalue weighted by molar-refractivity contribution is -0.114. The van der Waals surface area contributed by atoms with Gasteiger partial charge < -0.3 is 20.7 Å². The van der Waals surface area contributed by atoms with E-state index in [2.05, 4.69) is 16.0 Å². The van der Waals surface area contributed by atoms with Crippen LogP contribution in [0.4, 0.5) is 11.4 Å². The van der Waals surface area contributed by atoms with Crippen molar-refractivity contribution in [2.75, 3.05) is 17.2 Å². The van der Waals surface area contributed by atoms with Crippen LogP contribution >= 0.6 is 0 Å². The fraction of sp³-hybridized carbons (Fsp3) is 0.200. The first-order valence-electron chi connectivity index (χ1n) is 10.2. The van der Waals surface area contributed by atoms with Gasteiger partial charge in [0.2, 0.25) is 5.91 Å². The number of nitrogens with one attached hydrogen (secondary N) is 3. The summed E-state index contributed by atoms with van der Waals surface area (Å²) in [5.41, 5.74) is 2.95. The Balaban J connectivity index is 1.49. The normalized spacial score (nSPS) is 10.4. The van der Waals surface area contributed by atoms with Crippen LogP contribution in [-0.2, 0) is 11.3 Å². The Morgan fingerprint density at radius 3 is 2.32 bits per heavy atom. The average Bonchev–Trinajstić information content (AvgIpc) is 2.78. The third-order valence-electron chi connectivity index (χ3n) is 4.38. The summed E-state index contributed by atoms with van der Waals surface area (Å²) in [7, 11) is 0. The van der Waals surface area contributed by atoms with E-state index >= 15 is 0 Å². The molecule has 0 aromatic heterocycles. The quantitative estimate of drug-likeness (QED) is 0.480. The molecule has 0 radical (unpaired) electrons. The van der Waals surface area contributed by atoms with Crippen molar-refractivity contribution >= 4 is 23.2 Å². The highest BCUT2D eigenvalue weighted by molar-refractivity contribution is 5.96. The van der Waals surface area contributed by atoms with Gasteiger partial charge in [-0.2, -0.15) is 0 Å². The molecule has 6 heteroatoms. The zero-order chi connectivity index (χ0) is 22.1. The van der Waals surface area contributed by atoms with Crippen LogP contribution in [0.2, 0.25) is 0 Å². The molecular weight excluding hydrogens is 390 g/mol. The Morgan fingerprint density at radius 1 is 0.871 bits per heavy atom. The Kier molecular flexibility index (Phi) is 7.65. The molecule has 160 valence electrons. The van der Waals surface area contributed by atoms with Crippen molar-refractivity contribution in [3.05, 3.63) is 90.0 Å². The molecule has 0 unspecified atom stereocenters. The molecule has 0 spiro atoms. The van der Waals surface area contributed by atoms with Crippen LogP contribution < -0.4 is 20.7 Å². The molecule has 0 saturated carbocycles. The summed E-state index contributed by atoms with van der Waals surface area (Å²) >= 11 is 0. The van der Waals surface area contributed by atoms with Crippen LogP contribution in [0.25, 0.3) is 0 Å². The summed E-state index contributed by atoms with van der Waals surface area (Å²) in [4.78, 5) is 24.7. The predicted molar refractivity (Wildman–Crippen MR) is 123 cm³/mol. The van der Waals surface area contributed by atoms with Crippen LogP contribution in [0.5, 0.6) is 5.75 Å². The van der Waals surface area contributed by atoms with Crippen molar-refractivity contribution in [3.8, 4) is 5.75 Å². The average molecular weight is 418 g/mol. The minimum absolute atomic E-state index is 0.0827. The fourth-order valence-corrected chi connectivity index (χ4v) is 2.93. The Morgan fingerprint density at radius 2 is 1.61 bits per heavy atom. The van der Waals surface area contributed by atoms with E-state index in [1.807, 2.05) is 62.4 Å². The lowest BCUT2D eigenvalue weighted by Gasteiger charge is -2.11. The highest BCUT2D eigenvalue weighted by Crippen LogP contribution is 2.17. The van der Waals surface area contributed by atoms with E-state index in [-0.39, 0.29) is 24.5 Å². The minimum Gasteiger partial charge on any atom is -0.491 e. The van der Waals surface area contributed by atoms with Crippen molar-refractivity contribution in [1.82, 2.24) is 5.32 Å². The first-order valence-corrected chi connectivity index (χ1v) is 10.2.